The lowest BCUT2D eigenvalue weighted by Crippen LogP contribution is -2.35. The van der Waals surface area contributed by atoms with Gasteiger partial charge in [-0.15, -0.1) is 0 Å². The van der Waals surface area contributed by atoms with Crippen LogP contribution in [-0.4, -0.2) is 45.0 Å². The van der Waals surface area contributed by atoms with E-state index in [0.29, 0.717) is 13.1 Å². The van der Waals surface area contributed by atoms with Crippen LogP contribution < -0.4 is 10.2 Å². The van der Waals surface area contributed by atoms with Gasteiger partial charge in [-0.2, -0.15) is 9.41 Å². The molecular weight excluding hydrogens is 402 g/mol. The van der Waals surface area contributed by atoms with Crippen LogP contribution >= 0.6 is 0 Å². The van der Waals surface area contributed by atoms with E-state index < -0.39 is 15.9 Å². The van der Waals surface area contributed by atoms with Gasteiger partial charge < -0.3 is 4.74 Å². The molecule has 0 saturated carbocycles. The lowest BCUT2D eigenvalue weighted by atomic mass is 10.2. The zero-order valence-corrected chi connectivity index (χ0v) is 17.6. The molecule has 0 unspecified atom stereocenters. The van der Waals surface area contributed by atoms with E-state index >= 15 is 0 Å². The number of methoxy groups -OCH3 is 1. The van der Waals surface area contributed by atoms with Crippen molar-refractivity contribution in [2.45, 2.75) is 24.2 Å². The normalized spacial score (nSPS) is 15.5. The number of hydrazone groups is 1. The number of piperidine rings is 1. The zero-order chi connectivity index (χ0) is 21.4. The lowest BCUT2D eigenvalue weighted by molar-refractivity contribution is 0.0955. The van der Waals surface area contributed by atoms with Gasteiger partial charge in [0.15, 0.2) is 0 Å². The maximum Gasteiger partial charge on any atom is 0.271 e. The Bertz CT molecular complexity index is 1040. The number of nitrogens with one attached hydrogen (secondary N) is 1. The second-order valence-corrected chi connectivity index (χ2v) is 8.75. The number of para-hydroxylation sites is 1. The van der Waals surface area contributed by atoms with Gasteiger partial charge in [0, 0.05) is 30.4 Å². The molecule has 8 heteroatoms. The first kappa shape index (κ1) is 21.7. The Morgan fingerprint density at radius 2 is 1.87 bits per heavy atom. The summed E-state index contributed by atoms with van der Waals surface area (Å²) in [5.74, 6) is 0.255. The van der Waals surface area contributed by atoms with Gasteiger partial charge in [-0.05, 0) is 49.3 Å². The molecular formula is C22H25N3O4S. The van der Waals surface area contributed by atoms with Crippen LogP contribution in [0.15, 0.2) is 64.6 Å². The third-order valence-electron chi connectivity index (χ3n) is 4.79. The van der Waals surface area contributed by atoms with Gasteiger partial charge in [-0.1, -0.05) is 30.7 Å². The SMILES string of the molecule is COc1ccccc1/C=C/C=N\NC(=O)c1cccc(S(=O)(=O)N2CCCCC2)c1. The number of rotatable bonds is 7. The molecule has 0 spiro atoms. The Balaban J connectivity index is 1.64. The molecule has 1 fully saturated rings. The van der Waals surface area contributed by atoms with E-state index in [1.807, 2.05) is 24.3 Å². The topological polar surface area (TPSA) is 88.1 Å². The Morgan fingerprint density at radius 1 is 1.10 bits per heavy atom. The minimum atomic E-state index is -3.59. The van der Waals surface area contributed by atoms with Crippen LogP contribution in [0.5, 0.6) is 5.75 Å². The van der Waals surface area contributed by atoms with Gasteiger partial charge >= 0.3 is 0 Å². The summed E-state index contributed by atoms with van der Waals surface area (Å²) in [4.78, 5) is 12.5. The predicted molar refractivity (Wildman–Crippen MR) is 117 cm³/mol. The van der Waals surface area contributed by atoms with Crippen molar-refractivity contribution in [3.8, 4) is 5.75 Å². The fourth-order valence-electron chi connectivity index (χ4n) is 3.21. The van der Waals surface area contributed by atoms with Crippen LogP contribution in [0.3, 0.4) is 0 Å². The van der Waals surface area contributed by atoms with Crippen molar-refractivity contribution in [3.63, 3.8) is 0 Å². The number of carbonyl (C=O) groups excluding carboxylic acids is 1. The van der Waals surface area contributed by atoms with Crippen molar-refractivity contribution in [1.82, 2.24) is 9.73 Å². The summed E-state index contributed by atoms with van der Waals surface area (Å²) in [6.45, 7) is 1.03. The van der Waals surface area contributed by atoms with Crippen molar-refractivity contribution >= 4 is 28.2 Å². The minimum absolute atomic E-state index is 0.122. The summed E-state index contributed by atoms with van der Waals surface area (Å²) in [7, 11) is -1.99. The number of sulfonamides is 1. The fraction of sp³-hybridized carbons (Fsp3) is 0.273. The average molecular weight is 428 g/mol. The molecule has 3 rings (SSSR count). The van der Waals surface area contributed by atoms with Crippen molar-refractivity contribution in [2.75, 3.05) is 20.2 Å². The fourth-order valence-corrected chi connectivity index (χ4v) is 4.77. The highest BCUT2D eigenvalue weighted by atomic mass is 32.2. The maximum absolute atomic E-state index is 12.8. The number of amides is 1. The Labute approximate surface area is 177 Å². The molecule has 2 aromatic carbocycles. The molecule has 0 aliphatic carbocycles. The van der Waals surface area contributed by atoms with E-state index in [0.717, 1.165) is 30.6 Å². The summed E-state index contributed by atoms with van der Waals surface area (Å²) >= 11 is 0. The molecule has 30 heavy (non-hydrogen) atoms. The van der Waals surface area contributed by atoms with Crippen LogP contribution in [0, 0.1) is 0 Å². The summed E-state index contributed by atoms with van der Waals surface area (Å²) in [6, 6.07) is 13.6. The van der Waals surface area contributed by atoms with Crippen LogP contribution in [-0.2, 0) is 10.0 Å². The van der Waals surface area contributed by atoms with Gasteiger partial charge in [-0.3, -0.25) is 4.79 Å². The number of hydrogen-bond acceptors (Lipinski definition) is 5. The number of nitrogens with zero attached hydrogens (tertiary/aromatic N) is 2. The highest BCUT2D eigenvalue weighted by Crippen LogP contribution is 2.21. The Hall–Kier alpha value is -2.97. The standard InChI is InChI=1S/C22H25N3O4S/c1-29-21-13-4-3-9-18(21)11-8-14-23-24-22(26)19-10-7-12-20(17-19)30(27,28)25-15-5-2-6-16-25/h3-4,7-14,17H,2,5-6,15-16H2,1H3,(H,24,26)/b11-8+,23-14-. The average Bonchev–Trinajstić information content (AvgIpc) is 2.79. The number of hydrogen-bond donors (Lipinski definition) is 1. The zero-order valence-electron chi connectivity index (χ0n) is 16.8. The first-order valence-electron chi connectivity index (χ1n) is 9.75. The van der Waals surface area contributed by atoms with Crippen LogP contribution in [0.2, 0.25) is 0 Å². The molecule has 1 aliphatic rings. The second kappa shape index (κ2) is 10.2. The molecule has 0 radical (unpaired) electrons. The van der Waals surface area contributed by atoms with Crippen molar-refractivity contribution in [2.24, 2.45) is 5.10 Å². The van der Waals surface area contributed by atoms with Gasteiger partial charge in [-0.25, -0.2) is 13.8 Å². The third kappa shape index (κ3) is 5.34. The highest BCUT2D eigenvalue weighted by molar-refractivity contribution is 7.89. The first-order chi connectivity index (χ1) is 14.5. The number of allylic oxidation sites excluding steroid dienone is 1. The van der Waals surface area contributed by atoms with E-state index in [1.165, 1.54) is 22.7 Å². The van der Waals surface area contributed by atoms with Crippen molar-refractivity contribution in [3.05, 3.63) is 65.7 Å². The van der Waals surface area contributed by atoms with Crippen LogP contribution in [0.25, 0.3) is 6.08 Å². The monoisotopic (exact) mass is 427 g/mol. The molecule has 1 saturated heterocycles. The molecule has 1 N–H and O–H groups in total. The molecule has 1 amide bonds. The molecule has 0 bridgehead atoms. The molecule has 1 heterocycles. The summed E-state index contributed by atoms with van der Waals surface area (Å²) < 4.78 is 32.3. The Morgan fingerprint density at radius 3 is 2.63 bits per heavy atom. The van der Waals surface area contributed by atoms with E-state index in [2.05, 4.69) is 10.5 Å². The Kier molecular flexibility index (Phi) is 7.37. The highest BCUT2D eigenvalue weighted by Gasteiger charge is 2.26. The lowest BCUT2D eigenvalue weighted by Gasteiger charge is -2.25. The van der Waals surface area contributed by atoms with E-state index in [4.69, 9.17) is 4.74 Å². The van der Waals surface area contributed by atoms with Gasteiger partial charge in [0.1, 0.15) is 5.75 Å². The van der Waals surface area contributed by atoms with Gasteiger partial charge in [0.05, 0.1) is 12.0 Å². The predicted octanol–water partition coefficient (Wildman–Crippen LogP) is 3.30. The molecule has 7 nitrogen and oxygen atoms in total. The number of ether oxygens (including phenoxy) is 1. The quantitative estimate of drug-likeness (QED) is 0.542. The van der Waals surface area contributed by atoms with Gasteiger partial charge in [0.25, 0.3) is 5.91 Å². The number of benzene rings is 2. The van der Waals surface area contributed by atoms with Crippen LogP contribution in [0.1, 0.15) is 35.2 Å². The molecule has 0 aromatic heterocycles. The molecule has 158 valence electrons. The molecule has 2 aromatic rings. The van der Waals surface area contributed by atoms with Crippen molar-refractivity contribution < 1.29 is 17.9 Å². The minimum Gasteiger partial charge on any atom is -0.496 e. The van der Waals surface area contributed by atoms with E-state index in [9.17, 15) is 13.2 Å². The summed E-state index contributed by atoms with van der Waals surface area (Å²) in [5, 5.41) is 3.89. The van der Waals surface area contributed by atoms with Crippen LogP contribution in [0.4, 0.5) is 0 Å². The second-order valence-electron chi connectivity index (χ2n) is 6.81. The number of carbonyl (C=O) groups is 1. The van der Waals surface area contributed by atoms with E-state index in [1.54, 1.807) is 31.4 Å². The maximum atomic E-state index is 12.8. The summed E-state index contributed by atoms with van der Waals surface area (Å²) in [5.41, 5.74) is 3.53. The molecule has 1 aliphatic heterocycles. The van der Waals surface area contributed by atoms with E-state index in [-0.39, 0.29) is 10.5 Å². The first-order valence-corrected chi connectivity index (χ1v) is 11.2. The van der Waals surface area contributed by atoms with Gasteiger partial charge in [0.2, 0.25) is 10.0 Å². The smallest absolute Gasteiger partial charge is 0.271 e. The molecule has 0 atom stereocenters. The van der Waals surface area contributed by atoms with Crippen molar-refractivity contribution in [1.29, 1.82) is 0 Å². The largest absolute Gasteiger partial charge is 0.496 e. The third-order valence-corrected chi connectivity index (χ3v) is 6.69. The summed E-state index contributed by atoms with van der Waals surface area (Å²) in [6.07, 6.45) is 7.68.